The topological polar surface area (TPSA) is 74.6 Å². The summed E-state index contributed by atoms with van der Waals surface area (Å²) < 4.78 is 0. The molecule has 0 aromatic heterocycles. The Morgan fingerprint density at radius 1 is 1.24 bits per heavy atom. The molecule has 1 aromatic carbocycles. The minimum atomic E-state index is -1.13. The first-order valence-corrected chi connectivity index (χ1v) is 5.40. The summed E-state index contributed by atoms with van der Waals surface area (Å²) in [7, 11) is 0. The van der Waals surface area contributed by atoms with Crippen LogP contribution in [0.5, 0.6) is 0 Å². The van der Waals surface area contributed by atoms with Gasteiger partial charge in [0.15, 0.2) is 0 Å². The van der Waals surface area contributed by atoms with E-state index in [2.05, 4.69) is 24.5 Å². The van der Waals surface area contributed by atoms with E-state index in [9.17, 15) is 9.59 Å². The van der Waals surface area contributed by atoms with Crippen LogP contribution in [0.2, 0.25) is 0 Å². The van der Waals surface area contributed by atoms with Gasteiger partial charge in [0.2, 0.25) is 0 Å². The first kappa shape index (κ1) is 13.1. The predicted molar refractivity (Wildman–Crippen MR) is 65.7 cm³/mol. The summed E-state index contributed by atoms with van der Waals surface area (Å²) in [5.74, 6) is 3.70. The third-order valence-electron chi connectivity index (χ3n) is 1.96. The maximum Gasteiger partial charge on any atom is 0.336 e. The Morgan fingerprint density at radius 2 is 1.94 bits per heavy atom. The number of benzene rings is 1. The first-order chi connectivity index (χ1) is 8.06. The Labute approximate surface area is 104 Å². The van der Waals surface area contributed by atoms with Crippen molar-refractivity contribution in [3.05, 3.63) is 34.9 Å². The Kier molecular flexibility index (Phi) is 4.61. The molecular formula is C12H10O4S. The van der Waals surface area contributed by atoms with Crippen LogP contribution in [0.1, 0.15) is 32.7 Å². The standard InChI is InChI=1S/C12H10O4S/c13-11(14)9-4-5-10(12(15)16)8(7-9)3-1-2-6-17/h4-5,7,17H,2,6H2,(H,13,14)(H,15,16). The molecule has 0 bridgehead atoms. The van der Waals surface area contributed by atoms with Crippen molar-refractivity contribution in [2.24, 2.45) is 0 Å². The van der Waals surface area contributed by atoms with Crippen molar-refractivity contribution in [1.82, 2.24) is 0 Å². The number of aromatic carboxylic acids is 2. The fraction of sp³-hybridized carbons (Fsp3) is 0.167. The number of carboxylic acid groups (broad SMARTS) is 2. The molecule has 0 radical (unpaired) electrons. The summed E-state index contributed by atoms with van der Waals surface area (Å²) in [6.07, 6.45) is 0.513. The molecule has 0 fully saturated rings. The molecule has 0 amide bonds. The molecule has 17 heavy (non-hydrogen) atoms. The summed E-state index contributed by atoms with van der Waals surface area (Å²) >= 11 is 3.97. The number of carboxylic acids is 2. The van der Waals surface area contributed by atoms with Crippen LogP contribution in [0.15, 0.2) is 18.2 Å². The summed E-state index contributed by atoms with van der Waals surface area (Å²) in [5.41, 5.74) is 0.228. The molecule has 0 aliphatic carbocycles. The molecule has 1 aromatic rings. The third kappa shape index (κ3) is 3.54. The zero-order chi connectivity index (χ0) is 12.8. The monoisotopic (exact) mass is 250 g/mol. The van der Waals surface area contributed by atoms with Crippen molar-refractivity contribution in [3.8, 4) is 11.8 Å². The molecule has 88 valence electrons. The fourth-order valence-corrected chi connectivity index (χ4v) is 1.29. The SMILES string of the molecule is O=C(O)c1ccc(C(=O)O)c(C#CCCS)c1. The Bertz CT molecular complexity index is 511. The van der Waals surface area contributed by atoms with Gasteiger partial charge < -0.3 is 10.2 Å². The van der Waals surface area contributed by atoms with Gasteiger partial charge in [-0.05, 0) is 18.2 Å². The number of thiol groups is 1. The van der Waals surface area contributed by atoms with Crippen LogP contribution in [0.4, 0.5) is 0 Å². The van der Waals surface area contributed by atoms with Crippen LogP contribution in [0, 0.1) is 11.8 Å². The van der Waals surface area contributed by atoms with E-state index in [0.717, 1.165) is 0 Å². The van der Waals surface area contributed by atoms with Crippen LogP contribution in [-0.2, 0) is 0 Å². The maximum absolute atomic E-state index is 10.9. The van der Waals surface area contributed by atoms with E-state index in [4.69, 9.17) is 10.2 Å². The molecule has 1 rings (SSSR count). The number of rotatable bonds is 3. The normalized spacial score (nSPS) is 9.24. The zero-order valence-corrected chi connectivity index (χ0v) is 9.70. The van der Waals surface area contributed by atoms with Crippen molar-refractivity contribution >= 4 is 24.6 Å². The first-order valence-electron chi connectivity index (χ1n) is 4.76. The molecule has 5 heteroatoms. The molecule has 0 aliphatic rings. The lowest BCUT2D eigenvalue weighted by molar-refractivity contribution is 0.0681. The minimum absolute atomic E-state index is 0.00154. The van der Waals surface area contributed by atoms with Gasteiger partial charge in [-0.3, -0.25) is 0 Å². The van der Waals surface area contributed by atoms with E-state index >= 15 is 0 Å². The summed E-state index contributed by atoms with van der Waals surface area (Å²) in [6.45, 7) is 0. The molecule has 0 atom stereocenters. The van der Waals surface area contributed by atoms with Gasteiger partial charge >= 0.3 is 11.9 Å². The number of hydrogen-bond acceptors (Lipinski definition) is 3. The average Bonchev–Trinajstić information content (AvgIpc) is 2.28. The third-order valence-corrected chi connectivity index (χ3v) is 2.18. The molecule has 4 nitrogen and oxygen atoms in total. The van der Waals surface area contributed by atoms with Gasteiger partial charge in [-0.2, -0.15) is 12.6 Å². The molecule has 0 saturated carbocycles. The number of hydrogen-bond donors (Lipinski definition) is 3. The highest BCUT2D eigenvalue weighted by Crippen LogP contribution is 2.11. The van der Waals surface area contributed by atoms with Gasteiger partial charge in [0, 0.05) is 17.7 Å². The fourth-order valence-electron chi connectivity index (χ4n) is 1.18. The Hall–Kier alpha value is -1.93. The highest BCUT2D eigenvalue weighted by molar-refractivity contribution is 7.80. The molecule has 0 heterocycles. The second-order valence-corrected chi connectivity index (χ2v) is 3.59. The largest absolute Gasteiger partial charge is 0.478 e. The average molecular weight is 250 g/mol. The second-order valence-electron chi connectivity index (χ2n) is 3.15. The number of carbonyl (C=O) groups is 2. The lowest BCUT2D eigenvalue weighted by atomic mass is 10.0. The Morgan fingerprint density at radius 3 is 2.47 bits per heavy atom. The van der Waals surface area contributed by atoms with Crippen molar-refractivity contribution in [3.63, 3.8) is 0 Å². The summed E-state index contributed by atoms with van der Waals surface area (Å²) in [6, 6.07) is 3.75. The van der Waals surface area contributed by atoms with Crippen LogP contribution in [0.25, 0.3) is 0 Å². The van der Waals surface area contributed by atoms with E-state index in [-0.39, 0.29) is 16.7 Å². The smallest absolute Gasteiger partial charge is 0.336 e. The Balaban J connectivity index is 3.22. The van der Waals surface area contributed by atoms with Crippen LogP contribution in [-0.4, -0.2) is 27.9 Å². The van der Waals surface area contributed by atoms with Crippen molar-refractivity contribution in [2.45, 2.75) is 6.42 Å². The van der Waals surface area contributed by atoms with E-state index in [1.54, 1.807) is 0 Å². The van der Waals surface area contributed by atoms with E-state index < -0.39 is 11.9 Å². The van der Waals surface area contributed by atoms with Crippen LogP contribution >= 0.6 is 12.6 Å². The van der Waals surface area contributed by atoms with Gasteiger partial charge in [0.05, 0.1) is 11.1 Å². The molecule has 2 N–H and O–H groups in total. The highest BCUT2D eigenvalue weighted by atomic mass is 32.1. The quantitative estimate of drug-likeness (QED) is 0.564. The van der Waals surface area contributed by atoms with Crippen molar-refractivity contribution in [1.29, 1.82) is 0 Å². The summed E-state index contributed by atoms with van der Waals surface area (Å²) in [4.78, 5) is 21.7. The van der Waals surface area contributed by atoms with Gasteiger partial charge in [-0.1, -0.05) is 11.8 Å². The van der Waals surface area contributed by atoms with E-state index in [1.807, 2.05) is 0 Å². The van der Waals surface area contributed by atoms with Crippen molar-refractivity contribution < 1.29 is 19.8 Å². The molecular weight excluding hydrogens is 240 g/mol. The van der Waals surface area contributed by atoms with Gasteiger partial charge in [-0.15, -0.1) is 0 Å². The molecule has 0 aliphatic heterocycles. The van der Waals surface area contributed by atoms with E-state index in [0.29, 0.717) is 12.2 Å². The van der Waals surface area contributed by atoms with Gasteiger partial charge in [0.1, 0.15) is 0 Å². The minimum Gasteiger partial charge on any atom is -0.478 e. The lowest BCUT2D eigenvalue weighted by Crippen LogP contribution is -2.03. The van der Waals surface area contributed by atoms with Gasteiger partial charge in [-0.25, -0.2) is 9.59 Å². The van der Waals surface area contributed by atoms with Gasteiger partial charge in [0.25, 0.3) is 0 Å². The maximum atomic E-state index is 10.9. The van der Waals surface area contributed by atoms with E-state index in [1.165, 1.54) is 18.2 Å². The summed E-state index contributed by atoms with van der Waals surface area (Å²) in [5, 5.41) is 17.7. The zero-order valence-electron chi connectivity index (χ0n) is 8.80. The molecule has 0 spiro atoms. The second kappa shape index (κ2) is 5.97. The van der Waals surface area contributed by atoms with Crippen LogP contribution in [0.3, 0.4) is 0 Å². The lowest BCUT2D eigenvalue weighted by Gasteiger charge is -2.00. The predicted octanol–water partition coefficient (Wildman–Crippen LogP) is 1.75. The highest BCUT2D eigenvalue weighted by Gasteiger charge is 2.11. The molecule has 0 saturated heterocycles. The molecule has 0 unspecified atom stereocenters. The van der Waals surface area contributed by atoms with Crippen LogP contribution < -0.4 is 0 Å². The van der Waals surface area contributed by atoms with Crippen molar-refractivity contribution in [2.75, 3.05) is 5.75 Å².